The molecule has 1 amide bonds. The van der Waals surface area contributed by atoms with Gasteiger partial charge in [-0.05, 0) is 56.5 Å². The van der Waals surface area contributed by atoms with E-state index in [9.17, 15) is 13.2 Å². The number of carbonyl (C=O) groups excluding carboxylic acids is 1. The van der Waals surface area contributed by atoms with Gasteiger partial charge in [0.2, 0.25) is 10.0 Å². The third kappa shape index (κ3) is 4.61. The highest BCUT2D eigenvalue weighted by atomic mass is 32.2. The summed E-state index contributed by atoms with van der Waals surface area (Å²) in [4.78, 5) is 15.2. The molecule has 0 N–H and O–H groups in total. The van der Waals surface area contributed by atoms with Crippen LogP contribution in [0, 0.1) is 6.92 Å². The third-order valence-corrected chi connectivity index (χ3v) is 8.07. The summed E-state index contributed by atoms with van der Waals surface area (Å²) in [6.07, 6.45) is 2.49. The lowest BCUT2D eigenvalue weighted by molar-refractivity contribution is 0.0474. The highest BCUT2D eigenvalue weighted by Gasteiger charge is 2.30. The monoisotopic (exact) mass is 458 g/mol. The molecular weight excluding hydrogens is 428 g/mol. The summed E-state index contributed by atoms with van der Waals surface area (Å²) in [7, 11) is -3.62. The molecule has 2 heterocycles. The molecule has 1 fully saturated rings. The van der Waals surface area contributed by atoms with E-state index in [0.717, 1.165) is 19.3 Å². The number of sulfonamides is 1. The van der Waals surface area contributed by atoms with Gasteiger partial charge in [0.05, 0.1) is 11.4 Å². The second-order valence-electron chi connectivity index (χ2n) is 8.29. The molecule has 1 unspecified atom stereocenters. The van der Waals surface area contributed by atoms with Crippen LogP contribution in [-0.2, 0) is 10.0 Å². The van der Waals surface area contributed by atoms with Gasteiger partial charge in [-0.25, -0.2) is 8.42 Å². The number of fused-ring (bicyclic) bond motifs is 1. The lowest BCUT2D eigenvalue weighted by Crippen LogP contribution is -2.43. The summed E-state index contributed by atoms with van der Waals surface area (Å²) in [6.45, 7) is 5.91. The van der Waals surface area contributed by atoms with E-state index in [1.54, 1.807) is 24.0 Å². The van der Waals surface area contributed by atoms with Crippen LogP contribution in [0.25, 0.3) is 0 Å². The number of aryl methyl sites for hydroxylation is 1. The lowest BCUT2D eigenvalue weighted by atomic mass is 10.1. The van der Waals surface area contributed by atoms with Gasteiger partial charge in [0.1, 0.15) is 6.61 Å². The van der Waals surface area contributed by atoms with E-state index < -0.39 is 10.0 Å². The van der Waals surface area contributed by atoms with Crippen molar-refractivity contribution in [3.05, 3.63) is 53.6 Å². The standard InChI is InChI=1S/C24H30N2O5S/c1-3-25(16-20-17-30-21-9-5-6-10-22(21)31-20)24(27)19-12-11-18(2)23(15-19)32(28,29)26-13-7-4-8-14-26/h5-6,9-12,15,20H,3-4,7-8,13-14,16-17H2,1-2H3. The van der Waals surface area contributed by atoms with Crippen molar-refractivity contribution in [2.45, 2.75) is 44.1 Å². The molecule has 2 aliphatic heterocycles. The number of piperidine rings is 1. The highest BCUT2D eigenvalue weighted by molar-refractivity contribution is 7.89. The molecule has 0 aliphatic carbocycles. The largest absolute Gasteiger partial charge is 0.486 e. The van der Waals surface area contributed by atoms with E-state index in [1.165, 1.54) is 10.4 Å². The first-order valence-corrected chi connectivity index (χ1v) is 12.6. The Morgan fingerprint density at radius 2 is 1.81 bits per heavy atom. The molecule has 2 aliphatic rings. The van der Waals surface area contributed by atoms with Crippen LogP contribution >= 0.6 is 0 Å². The molecule has 7 nitrogen and oxygen atoms in total. The number of ether oxygens (including phenoxy) is 2. The molecule has 2 aromatic rings. The van der Waals surface area contributed by atoms with E-state index >= 15 is 0 Å². The first-order valence-electron chi connectivity index (χ1n) is 11.2. The van der Waals surface area contributed by atoms with Crippen molar-refractivity contribution in [1.82, 2.24) is 9.21 Å². The Kier molecular flexibility index (Phi) is 6.71. The van der Waals surface area contributed by atoms with E-state index in [1.807, 2.05) is 31.2 Å². The number of amides is 1. The number of hydrogen-bond donors (Lipinski definition) is 0. The number of likely N-dealkylation sites (N-methyl/N-ethyl adjacent to an activating group) is 1. The molecule has 1 atom stereocenters. The van der Waals surface area contributed by atoms with Crippen molar-refractivity contribution in [1.29, 1.82) is 0 Å². The highest BCUT2D eigenvalue weighted by Crippen LogP contribution is 2.31. The summed E-state index contributed by atoms with van der Waals surface area (Å²) >= 11 is 0. The number of nitrogens with zero attached hydrogens (tertiary/aromatic N) is 2. The number of hydrogen-bond acceptors (Lipinski definition) is 5. The van der Waals surface area contributed by atoms with Gasteiger partial charge in [-0.15, -0.1) is 0 Å². The zero-order valence-electron chi connectivity index (χ0n) is 18.6. The minimum absolute atomic E-state index is 0.215. The van der Waals surface area contributed by atoms with Crippen molar-refractivity contribution in [2.24, 2.45) is 0 Å². The molecule has 0 aromatic heterocycles. The molecule has 0 spiro atoms. The minimum atomic E-state index is -3.62. The zero-order chi connectivity index (χ0) is 22.7. The molecule has 4 rings (SSSR count). The Balaban J connectivity index is 1.52. The van der Waals surface area contributed by atoms with Crippen LogP contribution in [0.2, 0.25) is 0 Å². The van der Waals surface area contributed by atoms with Crippen LogP contribution in [0.4, 0.5) is 0 Å². The third-order valence-electron chi connectivity index (χ3n) is 6.03. The lowest BCUT2D eigenvalue weighted by Gasteiger charge is -2.31. The zero-order valence-corrected chi connectivity index (χ0v) is 19.4. The quantitative estimate of drug-likeness (QED) is 0.663. The van der Waals surface area contributed by atoms with Gasteiger partial charge in [0.15, 0.2) is 17.6 Å². The Hall–Kier alpha value is -2.58. The van der Waals surface area contributed by atoms with Gasteiger partial charge in [-0.3, -0.25) is 4.79 Å². The van der Waals surface area contributed by atoms with Gasteiger partial charge >= 0.3 is 0 Å². The topological polar surface area (TPSA) is 76.1 Å². The maximum atomic E-state index is 13.3. The molecule has 0 radical (unpaired) electrons. The normalized spacial score (nSPS) is 18.9. The van der Waals surface area contributed by atoms with Crippen molar-refractivity contribution < 1.29 is 22.7 Å². The predicted octanol–water partition coefficient (Wildman–Crippen LogP) is 3.47. The van der Waals surface area contributed by atoms with Gasteiger partial charge in [-0.2, -0.15) is 4.31 Å². The van der Waals surface area contributed by atoms with E-state index in [-0.39, 0.29) is 16.9 Å². The van der Waals surface area contributed by atoms with Gasteiger partial charge < -0.3 is 14.4 Å². The number of benzene rings is 2. The maximum absolute atomic E-state index is 13.3. The Labute approximate surface area is 190 Å². The Morgan fingerprint density at radius 3 is 2.53 bits per heavy atom. The van der Waals surface area contributed by atoms with Gasteiger partial charge in [-0.1, -0.05) is 24.6 Å². The molecule has 172 valence electrons. The second-order valence-corrected chi connectivity index (χ2v) is 10.2. The molecule has 2 aromatic carbocycles. The van der Waals surface area contributed by atoms with Crippen LogP contribution in [0.15, 0.2) is 47.4 Å². The number of para-hydroxylation sites is 2. The van der Waals surface area contributed by atoms with E-state index in [2.05, 4.69) is 0 Å². The molecule has 32 heavy (non-hydrogen) atoms. The fraction of sp³-hybridized carbons (Fsp3) is 0.458. The van der Waals surface area contributed by atoms with Gasteiger partial charge in [0.25, 0.3) is 5.91 Å². The van der Waals surface area contributed by atoms with Gasteiger partial charge in [0, 0.05) is 25.2 Å². The first-order chi connectivity index (χ1) is 15.4. The average molecular weight is 459 g/mol. The van der Waals surface area contributed by atoms with Crippen LogP contribution in [0.5, 0.6) is 11.5 Å². The van der Waals surface area contributed by atoms with Crippen LogP contribution < -0.4 is 9.47 Å². The van der Waals surface area contributed by atoms with E-state index in [0.29, 0.717) is 55.4 Å². The van der Waals surface area contributed by atoms with Crippen LogP contribution in [0.3, 0.4) is 0 Å². The Bertz CT molecular complexity index is 1080. The summed E-state index contributed by atoms with van der Waals surface area (Å²) < 4.78 is 39.7. The van der Waals surface area contributed by atoms with Crippen LogP contribution in [0.1, 0.15) is 42.1 Å². The fourth-order valence-corrected chi connectivity index (χ4v) is 5.96. The van der Waals surface area contributed by atoms with Crippen molar-refractivity contribution in [3.63, 3.8) is 0 Å². The molecule has 8 heteroatoms. The molecule has 1 saturated heterocycles. The van der Waals surface area contributed by atoms with Crippen molar-refractivity contribution >= 4 is 15.9 Å². The molecular formula is C24H30N2O5S. The van der Waals surface area contributed by atoms with Crippen molar-refractivity contribution in [2.75, 3.05) is 32.8 Å². The second kappa shape index (κ2) is 9.50. The summed E-state index contributed by atoms with van der Waals surface area (Å²) in [5.74, 6) is 1.15. The van der Waals surface area contributed by atoms with Crippen molar-refractivity contribution in [3.8, 4) is 11.5 Å². The fourth-order valence-electron chi connectivity index (χ4n) is 4.19. The maximum Gasteiger partial charge on any atom is 0.254 e. The molecule has 0 bridgehead atoms. The number of carbonyl (C=O) groups is 1. The Morgan fingerprint density at radius 1 is 1.09 bits per heavy atom. The summed E-state index contributed by atoms with van der Waals surface area (Å²) in [5.41, 5.74) is 1.01. The average Bonchev–Trinajstić information content (AvgIpc) is 2.82. The first kappa shape index (κ1) is 22.6. The molecule has 0 saturated carbocycles. The smallest absolute Gasteiger partial charge is 0.254 e. The number of rotatable bonds is 6. The van der Waals surface area contributed by atoms with Crippen LogP contribution in [-0.4, -0.2) is 62.4 Å². The van der Waals surface area contributed by atoms with E-state index in [4.69, 9.17) is 9.47 Å². The summed E-state index contributed by atoms with van der Waals surface area (Å²) in [5, 5.41) is 0. The SMILES string of the molecule is CCN(CC1COc2ccccc2O1)C(=O)c1ccc(C)c(S(=O)(=O)N2CCCCC2)c1. The summed E-state index contributed by atoms with van der Waals surface area (Å²) in [6, 6.07) is 12.4. The predicted molar refractivity (Wildman–Crippen MR) is 122 cm³/mol. The minimum Gasteiger partial charge on any atom is -0.486 e.